The highest BCUT2D eigenvalue weighted by Crippen LogP contribution is 2.02. The van der Waals surface area contributed by atoms with E-state index >= 15 is 0 Å². The lowest BCUT2D eigenvalue weighted by Crippen LogP contribution is -2.34. The van der Waals surface area contributed by atoms with Crippen molar-refractivity contribution in [1.82, 2.24) is 9.97 Å². The second kappa shape index (κ2) is 4.38. The zero-order valence-electron chi connectivity index (χ0n) is 7.34. The van der Waals surface area contributed by atoms with E-state index in [0.717, 1.165) is 0 Å². The van der Waals surface area contributed by atoms with Gasteiger partial charge >= 0.3 is 0 Å². The number of primary amides is 1. The summed E-state index contributed by atoms with van der Waals surface area (Å²) in [5.41, 5.74) is 10.2. The Kier molecular flexibility index (Phi) is 3.19. The maximum absolute atomic E-state index is 10.5. The lowest BCUT2D eigenvalue weighted by atomic mass is 10.3. The van der Waals surface area contributed by atoms with Crippen molar-refractivity contribution in [3.63, 3.8) is 0 Å². The van der Waals surface area contributed by atoms with Crippen LogP contribution in [0.25, 0.3) is 0 Å². The summed E-state index contributed by atoms with van der Waals surface area (Å²) in [7, 11) is 0. The molecule has 0 spiro atoms. The van der Waals surface area contributed by atoms with Crippen LogP contribution in [0.3, 0.4) is 0 Å². The summed E-state index contributed by atoms with van der Waals surface area (Å²) in [6, 6.07) is 1.56. The molecule has 0 saturated carbocycles. The Morgan fingerprint density at radius 2 is 2.43 bits per heavy atom. The molecule has 1 rings (SSSR count). The predicted molar refractivity (Wildman–Crippen MR) is 50.1 cm³/mol. The largest absolute Gasteiger partial charge is 0.381 e. The third-order valence-electron chi connectivity index (χ3n) is 1.48. The Morgan fingerprint density at radius 1 is 1.71 bits per heavy atom. The van der Waals surface area contributed by atoms with Crippen molar-refractivity contribution >= 4 is 17.7 Å². The van der Waals surface area contributed by atoms with Gasteiger partial charge in [-0.25, -0.2) is 4.98 Å². The monoisotopic (exact) mass is 197 g/mol. The van der Waals surface area contributed by atoms with E-state index in [1.807, 2.05) is 0 Å². The summed E-state index contributed by atoms with van der Waals surface area (Å²) in [5, 5.41) is 11.7. The number of carbonyl (C=O) groups excluding carboxylic acids is 1. The number of aromatic nitrogens is 2. The van der Waals surface area contributed by atoms with Gasteiger partial charge in [0.15, 0.2) is 0 Å². The van der Waals surface area contributed by atoms with E-state index < -0.39 is 12.0 Å². The molecule has 1 aromatic heterocycles. The Morgan fingerprint density at radius 3 is 3.00 bits per heavy atom. The van der Waals surface area contributed by atoms with Crippen LogP contribution in [0.5, 0.6) is 0 Å². The van der Waals surface area contributed by atoms with Gasteiger partial charge in [0.05, 0.1) is 6.54 Å². The molecule has 0 fully saturated rings. The molecule has 0 aliphatic heterocycles. The van der Waals surface area contributed by atoms with E-state index in [9.17, 15) is 4.79 Å². The lowest BCUT2D eigenvalue weighted by molar-refractivity contribution is -0.125. The number of rotatable bonds is 4. The summed E-state index contributed by atoms with van der Waals surface area (Å²) in [5.74, 6) is -0.249. The first-order chi connectivity index (χ1) is 6.59. The number of hydrogen-bond acceptors (Lipinski definition) is 6. The number of carbonyl (C=O) groups is 1. The normalized spacial score (nSPS) is 12.1. The van der Waals surface area contributed by atoms with Gasteiger partial charge in [0, 0.05) is 6.20 Å². The molecule has 1 amide bonds. The minimum Gasteiger partial charge on any atom is -0.381 e. The van der Waals surface area contributed by atoms with E-state index in [1.165, 1.54) is 6.20 Å². The average Bonchev–Trinajstić information content (AvgIpc) is 2.14. The zero-order chi connectivity index (χ0) is 10.6. The fourth-order valence-electron chi connectivity index (χ4n) is 0.774. The Balaban J connectivity index is 2.49. The molecule has 7 heteroatoms. The molecule has 0 saturated heterocycles. The molecule has 0 aliphatic carbocycles. The standard InChI is InChI=1S/C7H11N5O2/c8-6(14)4(13)3-11-5-1-2-10-7(9)12-5/h1-2,4,13H,3H2,(H2,8,14)(H3,9,10,11,12). The minimum atomic E-state index is -1.24. The molecule has 1 heterocycles. The first-order valence-corrected chi connectivity index (χ1v) is 3.89. The van der Waals surface area contributed by atoms with Crippen LogP contribution in [0.1, 0.15) is 0 Å². The minimum absolute atomic E-state index is 0.00815. The molecule has 14 heavy (non-hydrogen) atoms. The highest BCUT2D eigenvalue weighted by atomic mass is 16.3. The van der Waals surface area contributed by atoms with Crippen molar-refractivity contribution in [2.24, 2.45) is 5.73 Å². The number of aliphatic hydroxyl groups is 1. The van der Waals surface area contributed by atoms with Gasteiger partial charge in [0.25, 0.3) is 0 Å². The number of hydrogen-bond donors (Lipinski definition) is 4. The second-order valence-electron chi connectivity index (χ2n) is 2.60. The maximum Gasteiger partial charge on any atom is 0.248 e. The molecule has 0 bridgehead atoms. The number of aliphatic hydroxyl groups excluding tert-OH is 1. The molecule has 1 aromatic rings. The van der Waals surface area contributed by atoms with Gasteiger partial charge in [-0.15, -0.1) is 0 Å². The summed E-state index contributed by atoms with van der Waals surface area (Å²) in [4.78, 5) is 17.9. The molecule has 7 nitrogen and oxygen atoms in total. The summed E-state index contributed by atoms with van der Waals surface area (Å²) < 4.78 is 0. The molecular formula is C7H11N5O2. The van der Waals surface area contributed by atoms with Crippen molar-refractivity contribution in [3.05, 3.63) is 12.3 Å². The van der Waals surface area contributed by atoms with E-state index in [2.05, 4.69) is 15.3 Å². The van der Waals surface area contributed by atoms with Crippen LogP contribution in [0, 0.1) is 0 Å². The van der Waals surface area contributed by atoms with E-state index in [1.54, 1.807) is 6.07 Å². The van der Waals surface area contributed by atoms with Crippen molar-refractivity contribution in [2.75, 3.05) is 17.6 Å². The van der Waals surface area contributed by atoms with E-state index in [0.29, 0.717) is 5.82 Å². The van der Waals surface area contributed by atoms with Gasteiger partial charge in [-0.2, -0.15) is 4.98 Å². The lowest BCUT2D eigenvalue weighted by Gasteiger charge is -2.08. The molecular weight excluding hydrogens is 186 g/mol. The SMILES string of the molecule is NC(=O)C(O)CNc1ccnc(N)n1. The van der Waals surface area contributed by atoms with Gasteiger partial charge in [-0.05, 0) is 6.07 Å². The van der Waals surface area contributed by atoms with Crippen LogP contribution in [0.2, 0.25) is 0 Å². The maximum atomic E-state index is 10.5. The van der Waals surface area contributed by atoms with Crippen molar-refractivity contribution < 1.29 is 9.90 Å². The fourth-order valence-corrected chi connectivity index (χ4v) is 0.774. The molecule has 1 atom stereocenters. The highest BCUT2D eigenvalue weighted by Gasteiger charge is 2.09. The number of nitrogens with one attached hydrogen (secondary N) is 1. The van der Waals surface area contributed by atoms with Gasteiger partial charge in [-0.1, -0.05) is 0 Å². The molecule has 0 aromatic carbocycles. The van der Waals surface area contributed by atoms with Crippen molar-refractivity contribution in [2.45, 2.75) is 6.10 Å². The second-order valence-corrected chi connectivity index (χ2v) is 2.60. The molecule has 0 aliphatic rings. The van der Waals surface area contributed by atoms with Crippen LogP contribution >= 0.6 is 0 Å². The third kappa shape index (κ3) is 2.87. The third-order valence-corrected chi connectivity index (χ3v) is 1.48. The van der Waals surface area contributed by atoms with E-state index in [-0.39, 0.29) is 12.5 Å². The van der Waals surface area contributed by atoms with Crippen LogP contribution in [-0.4, -0.2) is 33.6 Å². The smallest absolute Gasteiger partial charge is 0.248 e. The number of nitrogen functional groups attached to an aromatic ring is 1. The molecule has 76 valence electrons. The Hall–Kier alpha value is -1.89. The van der Waals surface area contributed by atoms with E-state index in [4.69, 9.17) is 16.6 Å². The van der Waals surface area contributed by atoms with Gasteiger partial charge in [0.1, 0.15) is 11.9 Å². The summed E-state index contributed by atoms with van der Waals surface area (Å²) in [6.45, 7) is -0.00815. The summed E-state index contributed by atoms with van der Waals surface area (Å²) in [6.07, 6.45) is 0.215. The summed E-state index contributed by atoms with van der Waals surface area (Å²) >= 11 is 0. The number of anilines is 2. The quantitative estimate of drug-likeness (QED) is 0.456. The van der Waals surface area contributed by atoms with Crippen LogP contribution in [-0.2, 0) is 4.79 Å². The fraction of sp³-hybridized carbons (Fsp3) is 0.286. The molecule has 6 N–H and O–H groups in total. The van der Waals surface area contributed by atoms with Gasteiger partial charge < -0.3 is 21.9 Å². The Bertz CT molecular complexity index is 330. The highest BCUT2D eigenvalue weighted by molar-refractivity contribution is 5.79. The van der Waals surface area contributed by atoms with Crippen LogP contribution < -0.4 is 16.8 Å². The van der Waals surface area contributed by atoms with Gasteiger partial charge in [0.2, 0.25) is 11.9 Å². The zero-order valence-corrected chi connectivity index (χ0v) is 7.34. The average molecular weight is 197 g/mol. The first-order valence-electron chi connectivity index (χ1n) is 3.89. The van der Waals surface area contributed by atoms with Crippen LogP contribution in [0.15, 0.2) is 12.3 Å². The predicted octanol–water partition coefficient (Wildman–Crippen LogP) is -1.68. The molecule has 1 unspecified atom stereocenters. The van der Waals surface area contributed by atoms with Crippen molar-refractivity contribution in [3.8, 4) is 0 Å². The Labute approximate surface area is 80.2 Å². The number of amides is 1. The topological polar surface area (TPSA) is 127 Å². The molecule has 0 radical (unpaired) electrons. The number of nitrogens with zero attached hydrogens (tertiary/aromatic N) is 2. The van der Waals surface area contributed by atoms with Gasteiger partial charge in [-0.3, -0.25) is 4.79 Å². The van der Waals surface area contributed by atoms with Crippen LogP contribution in [0.4, 0.5) is 11.8 Å². The van der Waals surface area contributed by atoms with Crippen molar-refractivity contribution in [1.29, 1.82) is 0 Å². The first kappa shape index (κ1) is 10.2. The number of nitrogens with two attached hydrogens (primary N) is 2.